The summed E-state index contributed by atoms with van der Waals surface area (Å²) in [4.78, 5) is 9.79. The van der Waals surface area contributed by atoms with E-state index in [1.165, 1.54) is 4.74 Å². The number of rotatable bonds is 6. The van der Waals surface area contributed by atoms with Crippen LogP contribution in [0.1, 0.15) is 0 Å². The third kappa shape index (κ3) is 3.36. The van der Waals surface area contributed by atoms with Gasteiger partial charge in [0.15, 0.2) is 0 Å². The Kier molecular flexibility index (Phi) is 5.53. The van der Waals surface area contributed by atoms with E-state index in [1.807, 2.05) is 0 Å². The summed E-state index contributed by atoms with van der Waals surface area (Å²) in [5.74, 6) is -30.0. The fraction of sp³-hybridized carbons (Fsp3) is 0.625. The molecule has 1 atom stereocenters. The van der Waals surface area contributed by atoms with Crippen molar-refractivity contribution in [1.29, 1.82) is 0 Å². The number of hydrogen-bond donors (Lipinski definition) is 1. The molecule has 0 heterocycles. The topological polar surface area (TPSA) is 46.5 Å². The van der Waals surface area contributed by atoms with Gasteiger partial charge in [-0.05, 0) is 0 Å². The number of carbonyl (C=O) groups is 1. The number of ether oxygens (including phenoxy) is 1. The molecule has 0 fully saturated rings. The molecule has 0 aliphatic rings. The van der Waals surface area contributed by atoms with Crippen LogP contribution in [-0.2, 0) is 9.53 Å². The number of carboxylic acid groups (broad SMARTS) is 1. The highest BCUT2D eigenvalue weighted by Crippen LogP contribution is 2.54. The second-order valence-electron chi connectivity index (χ2n) is 3.74. The molecule has 16 heteroatoms. The molecular formula is C8HF13O3. The van der Waals surface area contributed by atoms with Gasteiger partial charge in [0.05, 0.1) is 0 Å². The van der Waals surface area contributed by atoms with E-state index in [9.17, 15) is 61.9 Å². The Morgan fingerprint density at radius 3 is 1.38 bits per heavy atom. The predicted octanol–water partition coefficient (Wildman–Crippen LogP) is 4.26. The Bertz CT molecular complexity index is 532. The van der Waals surface area contributed by atoms with Gasteiger partial charge in [-0.2, -0.15) is 57.1 Å². The van der Waals surface area contributed by atoms with Crippen LogP contribution in [0, 0.1) is 0 Å². The molecule has 0 aliphatic carbocycles. The summed E-state index contributed by atoms with van der Waals surface area (Å²) >= 11 is 0. The average Bonchev–Trinajstić information content (AvgIpc) is 2.34. The van der Waals surface area contributed by atoms with Gasteiger partial charge in [-0.3, -0.25) is 4.74 Å². The SMILES string of the molecule is O=C(O)C(F)(F)C(F)(F)OC(F)(C(F)(F)F)C(F)(F)C(F)=C(F)F. The highest BCUT2D eigenvalue weighted by atomic mass is 19.4. The normalized spacial score (nSPS) is 16.5. The van der Waals surface area contributed by atoms with E-state index in [2.05, 4.69) is 0 Å². The van der Waals surface area contributed by atoms with Crippen molar-refractivity contribution in [3.8, 4) is 0 Å². The first-order valence-electron chi connectivity index (χ1n) is 4.79. The fourth-order valence-corrected chi connectivity index (χ4v) is 0.925. The molecule has 0 saturated carbocycles. The minimum Gasteiger partial charge on any atom is -0.477 e. The number of hydrogen-bond acceptors (Lipinski definition) is 2. The number of aliphatic carboxylic acids is 1. The maximum absolute atomic E-state index is 13.3. The van der Waals surface area contributed by atoms with Gasteiger partial charge in [0.2, 0.25) is 5.83 Å². The lowest BCUT2D eigenvalue weighted by atomic mass is 10.1. The van der Waals surface area contributed by atoms with Crippen molar-refractivity contribution in [2.75, 3.05) is 0 Å². The molecule has 0 saturated heterocycles. The molecule has 0 aromatic carbocycles. The fourth-order valence-electron chi connectivity index (χ4n) is 0.925. The van der Waals surface area contributed by atoms with Crippen LogP contribution in [0.15, 0.2) is 11.9 Å². The zero-order valence-electron chi connectivity index (χ0n) is 10.2. The molecule has 3 nitrogen and oxygen atoms in total. The summed E-state index contributed by atoms with van der Waals surface area (Å²) < 4.78 is 163. The highest BCUT2D eigenvalue weighted by Gasteiger charge is 2.81. The lowest BCUT2D eigenvalue weighted by Crippen LogP contribution is -2.64. The minimum atomic E-state index is -7.48. The molecule has 0 aromatic heterocycles. The Hall–Kier alpha value is -1.74. The van der Waals surface area contributed by atoms with Gasteiger partial charge in [-0.25, -0.2) is 4.79 Å². The zero-order valence-corrected chi connectivity index (χ0v) is 10.2. The van der Waals surface area contributed by atoms with E-state index in [-0.39, 0.29) is 0 Å². The van der Waals surface area contributed by atoms with Crippen molar-refractivity contribution in [3.63, 3.8) is 0 Å². The number of halogens is 13. The number of carboxylic acids is 1. The van der Waals surface area contributed by atoms with Crippen LogP contribution in [-0.4, -0.2) is 41.1 Å². The van der Waals surface area contributed by atoms with Crippen LogP contribution in [0.4, 0.5) is 57.1 Å². The van der Waals surface area contributed by atoms with Gasteiger partial charge in [-0.1, -0.05) is 0 Å². The van der Waals surface area contributed by atoms with Crippen molar-refractivity contribution in [3.05, 3.63) is 11.9 Å². The zero-order chi connectivity index (χ0) is 19.9. The molecule has 0 aliphatic heterocycles. The van der Waals surface area contributed by atoms with E-state index in [0.717, 1.165) is 0 Å². The van der Waals surface area contributed by atoms with E-state index in [1.54, 1.807) is 0 Å². The van der Waals surface area contributed by atoms with Crippen LogP contribution < -0.4 is 0 Å². The lowest BCUT2D eigenvalue weighted by Gasteiger charge is -2.36. The van der Waals surface area contributed by atoms with Crippen LogP contribution in [0.3, 0.4) is 0 Å². The average molecular weight is 392 g/mol. The Morgan fingerprint density at radius 2 is 1.12 bits per heavy atom. The third-order valence-electron chi connectivity index (χ3n) is 2.11. The standard InChI is InChI=1S/C8HF13O3/c9-1(2(10)11)4(12,13)6(16,7(17,18)19)24-8(20,21)5(14,15)3(22)23/h(H,22,23). The molecule has 0 spiro atoms. The van der Waals surface area contributed by atoms with E-state index in [0.29, 0.717) is 0 Å². The molecule has 0 bridgehead atoms. The molecule has 1 N–H and O–H groups in total. The summed E-state index contributed by atoms with van der Waals surface area (Å²) in [6.07, 6.45) is -19.0. The summed E-state index contributed by atoms with van der Waals surface area (Å²) in [5, 5.41) is 7.67. The largest absolute Gasteiger partial charge is 0.477 e. The molecule has 1 unspecified atom stereocenters. The van der Waals surface area contributed by atoms with Gasteiger partial charge >= 0.3 is 42.0 Å². The van der Waals surface area contributed by atoms with E-state index in [4.69, 9.17) is 5.11 Å². The monoisotopic (exact) mass is 392 g/mol. The highest BCUT2D eigenvalue weighted by molar-refractivity contribution is 5.76. The third-order valence-corrected chi connectivity index (χ3v) is 2.11. The first-order chi connectivity index (χ1) is 10.3. The lowest BCUT2D eigenvalue weighted by molar-refractivity contribution is -0.478. The first kappa shape index (κ1) is 22.3. The summed E-state index contributed by atoms with van der Waals surface area (Å²) in [5.41, 5.74) is 0. The minimum absolute atomic E-state index is 1.54. The molecule has 0 aromatic rings. The van der Waals surface area contributed by atoms with Crippen LogP contribution >= 0.6 is 0 Å². The smallest absolute Gasteiger partial charge is 0.455 e. The number of alkyl halides is 10. The van der Waals surface area contributed by atoms with E-state index < -0.39 is 47.9 Å². The molecule has 0 radical (unpaired) electrons. The molecule has 0 rings (SSSR count). The molecular weight excluding hydrogens is 391 g/mol. The van der Waals surface area contributed by atoms with Crippen LogP contribution in [0.5, 0.6) is 0 Å². The van der Waals surface area contributed by atoms with Crippen molar-refractivity contribution in [2.45, 2.75) is 30.0 Å². The van der Waals surface area contributed by atoms with Gasteiger partial charge in [0, 0.05) is 0 Å². The first-order valence-corrected chi connectivity index (χ1v) is 4.79. The predicted molar refractivity (Wildman–Crippen MR) is 43.8 cm³/mol. The maximum Gasteiger partial charge on any atom is 0.455 e. The van der Waals surface area contributed by atoms with Gasteiger partial charge < -0.3 is 5.11 Å². The van der Waals surface area contributed by atoms with Crippen molar-refractivity contribution >= 4 is 5.97 Å². The quantitative estimate of drug-likeness (QED) is 0.688. The molecule has 24 heavy (non-hydrogen) atoms. The summed E-state index contributed by atoms with van der Waals surface area (Å²) in [6, 6.07) is 0. The van der Waals surface area contributed by atoms with Crippen molar-refractivity contribution in [2.24, 2.45) is 0 Å². The Balaban J connectivity index is 6.38. The summed E-state index contributed by atoms with van der Waals surface area (Å²) in [6.45, 7) is 0. The Morgan fingerprint density at radius 1 is 0.750 bits per heavy atom. The van der Waals surface area contributed by atoms with Crippen LogP contribution in [0.2, 0.25) is 0 Å². The van der Waals surface area contributed by atoms with Gasteiger partial charge in [0.25, 0.3) is 0 Å². The van der Waals surface area contributed by atoms with Gasteiger partial charge in [-0.15, -0.1) is 0 Å². The van der Waals surface area contributed by atoms with E-state index >= 15 is 0 Å². The Labute approximate surface area is 121 Å². The van der Waals surface area contributed by atoms with Gasteiger partial charge in [0.1, 0.15) is 0 Å². The van der Waals surface area contributed by atoms with Crippen molar-refractivity contribution in [1.82, 2.24) is 0 Å². The molecule has 0 amide bonds. The summed E-state index contributed by atoms with van der Waals surface area (Å²) in [7, 11) is 0. The second-order valence-corrected chi connectivity index (χ2v) is 3.74. The molecule has 142 valence electrons. The van der Waals surface area contributed by atoms with Crippen LogP contribution in [0.25, 0.3) is 0 Å². The van der Waals surface area contributed by atoms with Crippen molar-refractivity contribution < 1.29 is 71.7 Å². The maximum atomic E-state index is 13.3. The second kappa shape index (κ2) is 5.96.